The third kappa shape index (κ3) is 1.93. The fourth-order valence-corrected chi connectivity index (χ4v) is 2.36. The standard InChI is InChI=1S/C9H12N2O2S/c12-9(13)8-2-1-4-11(8)6-7-3-5-14-10-7/h3,5,8H,1-2,4,6H2,(H,12,13). The Morgan fingerprint density at radius 1 is 1.79 bits per heavy atom. The largest absolute Gasteiger partial charge is 0.480 e. The second kappa shape index (κ2) is 4.06. The summed E-state index contributed by atoms with van der Waals surface area (Å²) in [5.74, 6) is -0.710. The van der Waals surface area contributed by atoms with Gasteiger partial charge in [0.2, 0.25) is 0 Å². The van der Waals surface area contributed by atoms with Crippen molar-refractivity contribution in [2.45, 2.75) is 25.4 Å². The monoisotopic (exact) mass is 212 g/mol. The average molecular weight is 212 g/mol. The van der Waals surface area contributed by atoms with E-state index in [9.17, 15) is 4.79 Å². The lowest BCUT2D eigenvalue weighted by Gasteiger charge is -2.19. The number of likely N-dealkylation sites (tertiary alicyclic amines) is 1. The van der Waals surface area contributed by atoms with Crippen molar-refractivity contribution in [2.75, 3.05) is 6.54 Å². The van der Waals surface area contributed by atoms with Crippen molar-refractivity contribution >= 4 is 17.5 Å². The second-order valence-electron chi connectivity index (χ2n) is 3.46. The summed E-state index contributed by atoms with van der Waals surface area (Å²) in [5.41, 5.74) is 0.975. The van der Waals surface area contributed by atoms with Gasteiger partial charge < -0.3 is 5.11 Å². The van der Waals surface area contributed by atoms with Gasteiger partial charge in [-0.05, 0) is 37.0 Å². The predicted octanol–water partition coefficient (Wildman–Crippen LogP) is 1.19. The normalized spacial score (nSPS) is 22.7. The van der Waals surface area contributed by atoms with Gasteiger partial charge in [0.25, 0.3) is 0 Å². The van der Waals surface area contributed by atoms with Gasteiger partial charge in [-0.3, -0.25) is 9.69 Å². The van der Waals surface area contributed by atoms with Crippen molar-refractivity contribution in [3.8, 4) is 0 Å². The van der Waals surface area contributed by atoms with Gasteiger partial charge in [-0.15, -0.1) is 0 Å². The summed E-state index contributed by atoms with van der Waals surface area (Å²) >= 11 is 1.41. The van der Waals surface area contributed by atoms with E-state index in [4.69, 9.17) is 5.11 Å². The third-order valence-corrected chi connectivity index (χ3v) is 3.10. The Kier molecular flexibility index (Phi) is 2.79. The maximum absolute atomic E-state index is 10.9. The molecule has 1 aromatic rings. The second-order valence-corrected chi connectivity index (χ2v) is 4.12. The predicted molar refractivity (Wildman–Crippen MR) is 53.2 cm³/mol. The number of aromatic nitrogens is 1. The lowest BCUT2D eigenvalue weighted by atomic mass is 10.2. The van der Waals surface area contributed by atoms with Gasteiger partial charge in [0.15, 0.2) is 0 Å². The molecule has 1 N–H and O–H groups in total. The molecule has 1 aromatic heterocycles. The Morgan fingerprint density at radius 3 is 3.29 bits per heavy atom. The first kappa shape index (κ1) is 9.61. The molecule has 76 valence electrons. The smallest absolute Gasteiger partial charge is 0.320 e. The molecule has 1 aliphatic rings. The number of hydrogen-bond acceptors (Lipinski definition) is 4. The lowest BCUT2D eigenvalue weighted by molar-refractivity contribution is -0.142. The van der Waals surface area contributed by atoms with Crippen LogP contribution in [-0.4, -0.2) is 32.9 Å². The zero-order chi connectivity index (χ0) is 9.97. The maximum Gasteiger partial charge on any atom is 0.320 e. The highest BCUT2D eigenvalue weighted by atomic mass is 32.1. The number of hydrogen-bond donors (Lipinski definition) is 1. The summed E-state index contributed by atoms with van der Waals surface area (Å²) in [5, 5.41) is 10.9. The Hall–Kier alpha value is -0.940. The van der Waals surface area contributed by atoms with Crippen LogP contribution in [0.4, 0.5) is 0 Å². The minimum absolute atomic E-state index is 0.309. The number of carbonyl (C=O) groups is 1. The number of carboxylic acid groups (broad SMARTS) is 1. The molecule has 1 unspecified atom stereocenters. The first-order valence-electron chi connectivity index (χ1n) is 4.63. The van der Waals surface area contributed by atoms with Gasteiger partial charge in [-0.25, -0.2) is 0 Å². The molecule has 0 radical (unpaired) electrons. The topological polar surface area (TPSA) is 53.4 Å². The van der Waals surface area contributed by atoms with Gasteiger partial charge in [0.1, 0.15) is 6.04 Å². The van der Waals surface area contributed by atoms with Crippen LogP contribution in [0.2, 0.25) is 0 Å². The first-order valence-corrected chi connectivity index (χ1v) is 5.47. The highest BCUT2D eigenvalue weighted by molar-refractivity contribution is 7.03. The highest BCUT2D eigenvalue weighted by Gasteiger charge is 2.30. The average Bonchev–Trinajstić information content (AvgIpc) is 2.75. The molecule has 14 heavy (non-hydrogen) atoms. The van der Waals surface area contributed by atoms with Crippen molar-refractivity contribution in [2.24, 2.45) is 0 Å². The van der Waals surface area contributed by atoms with Crippen molar-refractivity contribution in [3.63, 3.8) is 0 Å². The van der Waals surface area contributed by atoms with Crippen LogP contribution in [0.5, 0.6) is 0 Å². The molecule has 5 heteroatoms. The molecule has 1 saturated heterocycles. The fraction of sp³-hybridized carbons (Fsp3) is 0.556. The highest BCUT2D eigenvalue weighted by Crippen LogP contribution is 2.19. The fourth-order valence-electron chi connectivity index (χ4n) is 1.82. The van der Waals surface area contributed by atoms with Crippen LogP contribution < -0.4 is 0 Å². The van der Waals surface area contributed by atoms with Crippen LogP contribution in [0.1, 0.15) is 18.5 Å². The lowest BCUT2D eigenvalue weighted by Crippen LogP contribution is -2.35. The van der Waals surface area contributed by atoms with Gasteiger partial charge in [0, 0.05) is 11.9 Å². The van der Waals surface area contributed by atoms with Crippen LogP contribution >= 0.6 is 11.5 Å². The zero-order valence-electron chi connectivity index (χ0n) is 7.72. The Bertz CT molecular complexity index is 313. The van der Waals surface area contributed by atoms with E-state index in [1.807, 2.05) is 16.3 Å². The molecule has 1 aliphatic heterocycles. The van der Waals surface area contributed by atoms with E-state index < -0.39 is 5.97 Å². The summed E-state index contributed by atoms with van der Waals surface area (Å²) < 4.78 is 4.18. The van der Waals surface area contributed by atoms with Crippen LogP contribution in [0.25, 0.3) is 0 Å². The van der Waals surface area contributed by atoms with E-state index >= 15 is 0 Å². The molecule has 0 saturated carbocycles. The molecule has 0 bridgehead atoms. The van der Waals surface area contributed by atoms with Gasteiger partial charge >= 0.3 is 5.97 Å². The molecule has 0 aliphatic carbocycles. The number of carboxylic acids is 1. The summed E-state index contributed by atoms with van der Waals surface area (Å²) in [6, 6.07) is 1.64. The van der Waals surface area contributed by atoms with E-state index in [0.717, 1.165) is 25.1 Å². The van der Waals surface area contributed by atoms with E-state index in [1.54, 1.807) is 0 Å². The van der Waals surface area contributed by atoms with Gasteiger partial charge in [0.05, 0.1) is 5.69 Å². The van der Waals surface area contributed by atoms with E-state index in [2.05, 4.69) is 4.37 Å². The van der Waals surface area contributed by atoms with E-state index in [1.165, 1.54) is 11.5 Å². The summed E-state index contributed by atoms with van der Waals surface area (Å²) in [6.07, 6.45) is 1.74. The SMILES string of the molecule is O=C(O)C1CCCN1Cc1ccsn1. The van der Waals surface area contributed by atoms with Crippen LogP contribution in [-0.2, 0) is 11.3 Å². The Balaban J connectivity index is 2.00. The summed E-state index contributed by atoms with van der Waals surface area (Å²) in [6.45, 7) is 1.54. The molecule has 1 fully saturated rings. The molecule has 4 nitrogen and oxygen atoms in total. The zero-order valence-corrected chi connectivity index (χ0v) is 8.54. The van der Waals surface area contributed by atoms with Gasteiger partial charge in [-0.2, -0.15) is 4.37 Å². The quantitative estimate of drug-likeness (QED) is 0.817. The number of aliphatic carboxylic acids is 1. The summed E-state index contributed by atoms with van der Waals surface area (Å²) in [7, 11) is 0. The molecular weight excluding hydrogens is 200 g/mol. The van der Waals surface area contributed by atoms with Crippen molar-refractivity contribution in [1.82, 2.24) is 9.27 Å². The molecule has 1 atom stereocenters. The maximum atomic E-state index is 10.9. The van der Waals surface area contributed by atoms with Crippen LogP contribution in [0.15, 0.2) is 11.4 Å². The molecule has 2 rings (SSSR count). The molecule has 0 spiro atoms. The molecule has 0 amide bonds. The van der Waals surface area contributed by atoms with Crippen molar-refractivity contribution < 1.29 is 9.90 Å². The van der Waals surface area contributed by atoms with Crippen LogP contribution in [0.3, 0.4) is 0 Å². The van der Waals surface area contributed by atoms with Gasteiger partial charge in [-0.1, -0.05) is 0 Å². The Labute approximate surface area is 86.3 Å². The van der Waals surface area contributed by atoms with E-state index in [0.29, 0.717) is 6.54 Å². The molecule has 2 heterocycles. The minimum atomic E-state index is -0.710. The van der Waals surface area contributed by atoms with Crippen molar-refractivity contribution in [3.05, 3.63) is 17.1 Å². The first-order chi connectivity index (χ1) is 6.77. The number of rotatable bonds is 3. The number of nitrogens with zero attached hydrogens (tertiary/aromatic N) is 2. The minimum Gasteiger partial charge on any atom is -0.480 e. The summed E-state index contributed by atoms with van der Waals surface area (Å²) in [4.78, 5) is 12.9. The van der Waals surface area contributed by atoms with Crippen molar-refractivity contribution in [1.29, 1.82) is 0 Å². The Morgan fingerprint density at radius 2 is 2.64 bits per heavy atom. The van der Waals surface area contributed by atoms with E-state index in [-0.39, 0.29) is 6.04 Å². The molecular formula is C9H12N2O2S. The third-order valence-electron chi connectivity index (χ3n) is 2.51. The van der Waals surface area contributed by atoms with Crippen LogP contribution in [0, 0.1) is 0 Å². The molecule has 0 aromatic carbocycles.